The van der Waals surface area contributed by atoms with Crippen molar-refractivity contribution < 1.29 is 19.4 Å². The standard InChI is InChI=1S/C14H25NO4/c1-2-19-14(18)6-5-13(17)11-15-8-3-4-12(10-15)7-9-16/h12,16H,2-11H2,1H3. The van der Waals surface area contributed by atoms with Gasteiger partial charge in [0.25, 0.3) is 0 Å². The summed E-state index contributed by atoms with van der Waals surface area (Å²) < 4.78 is 4.80. The Kier molecular flexibility index (Phi) is 7.67. The van der Waals surface area contributed by atoms with Crippen molar-refractivity contribution in [3.8, 4) is 0 Å². The monoisotopic (exact) mass is 271 g/mol. The molecule has 0 aliphatic carbocycles. The van der Waals surface area contributed by atoms with Crippen LogP contribution in [0.15, 0.2) is 0 Å². The van der Waals surface area contributed by atoms with Gasteiger partial charge in [-0.1, -0.05) is 0 Å². The summed E-state index contributed by atoms with van der Waals surface area (Å²) in [6, 6.07) is 0. The first kappa shape index (κ1) is 16.1. The molecule has 1 aliphatic rings. The minimum absolute atomic E-state index is 0.0951. The zero-order chi connectivity index (χ0) is 14.1. The Morgan fingerprint density at radius 1 is 1.37 bits per heavy atom. The van der Waals surface area contributed by atoms with Crippen LogP contribution in [0.4, 0.5) is 0 Å². The van der Waals surface area contributed by atoms with Crippen LogP contribution in [-0.2, 0) is 14.3 Å². The molecule has 19 heavy (non-hydrogen) atoms. The van der Waals surface area contributed by atoms with Gasteiger partial charge in [-0.3, -0.25) is 14.5 Å². The molecule has 1 saturated heterocycles. The number of ketones is 1. The zero-order valence-corrected chi connectivity index (χ0v) is 11.8. The van der Waals surface area contributed by atoms with Gasteiger partial charge < -0.3 is 9.84 Å². The third-order valence-corrected chi connectivity index (χ3v) is 3.45. The van der Waals surface area contributed by atoms with Gasteiger partial charge in [0, 0.05) is 19.6 Å². The van der Waals surface area contributed by atoms with Gasteiger partial charge in [0.1, 0.15) is 5.78 Å². The van der Waals surface area contributed by atoms with Crippen LogP contribution in [0, 0.1) is 5.92 Å². The summed E-state index contributed by atoms with van der Waals surface area (Å²) in [6.07, 6.45) is 3.47. The Bertz CT molecular complexity index is 291. The third kappa shape index (κ3) is 6.68. The van der Waals surface area contributed by atoms with Gasteiger partial charge in [-0.2, -0.15) is 0 Å². The highest BCUT2D eigenvalue weighted by Crippen LogP contribution is 2.19. The minimum atomic E-state index is -0.298. The van der Waals surface area contributed by atoms with Crippen molar-refractivity contribution in [1.29, 1.82) is 0 Å². The number of piperidine rings is 1. The second kappa shape index (κ2) is 9.04. The molecular formula is C14H25NO4. The molecule has 1 unspecified atom stereocenters. The van der Waals surface area contributed by atoms with Gasteiger partial charge in [0.2, 0.25) is 0 Å². The summed E-state index contributed by atoms with van der Waals surface area (Å²) in [5, 5.41) is 8.95. The van der Waals surface area contributed by atoms with Crippen molar-refractivity contribution in [2.75, 3.05) is 32.8 Å². The number of carbonyl (C=O) groups is 2. The lowest BCUT2D eigenvalue weighted by Gasteiger charge is -2.31. The van der Waals surface area contributed by atoms with E-state index in [9.17, 15) is 9.59 Å². The first-order valence-corrected chi connectivity index (χ1v) is 7.16. The first-order chi connectivity index (χ1) is 9.15. The summed E-state index contributed by atoms with van der Waals surface area (Å²) in [5.41, 5.74) is 0. The molecule has 0 amide bonds. The van der Waals surface area contributed by atoms with Gasteiger partial charge in [0.15, 0.2) is 0 Å². The van der Waals surface area contributed by atoms with Crippen LogP contribution in [0.5, 0.6) is 0 Å². The lowest BCUT2D eigenvalue weighted by atomic mass is 9.95. The number of likely N-dealkylation sites (tertiary alicyclic amines) is 1. The summed E-state index contributed by atoms with van der Waals surface area (Å²) >= 11 is 0. The Morgan fingerprint density at radius 3 is 2.84 bits per heavy atom. The van der Waals surface area contributed by atoms with Gasteiger partial charge in [-0.05, 0) is 38.6 Å². The largest absolute Gasteiger partial charge is 0.466 e. The fourth-order valence-electron chi connectivity index (χ4n) is 2.52. The number of esters is 1. The number of rotatable bonds is 8. The molecule has 0 saturated carbocycles. The number of ether oxygens (including phenoxy) is 1. The molecule has 1 fully saturated rings. The fraction of sp³-hybridized carbons (Fsp3) is 0.857. The number of carbonyl (C=O) groups excluding carboxylic acids is 2. The van der Waals surface area contributed by atoms with E-state index < -0.39 is 0 Å². The second-order valence-corrected chi connectivity index (χ2v) is 5.10. The van der Waals surface area contributed by atoms with Crippen LogP contribution < -0.4 is 0 Å². The first-order valence-electron chi connectivity index (χ1n) is 7.16. The smallest absolute Gasteiger partial charge is 0.306 e. The van der Waals surface area contributed by atoms with Crippen LogP contribution >= 0.6 is 0 Å². The molecule has 0 aromatic carbocycles. The molecule has 1 atom stereocenters. The van der Waals surface area contributed by atoms with E-state index in [1.54, 1.807) is 6.92 Å². The minimum Gasteiger partial charge on any atom is -0.466 e. The Balaban J connectivity index is 2.22. The van der Waals surface area contributed by atoms with E-state index in [4.69, 9.17) is 9.84 Å². The number of aliphatic hydroxyl groups is 1. The molecule has 5 heteroatoms. The van der Waals surface area contributed by atoms with Crippen molar-refractivity contribution in [3.05, 3.63) is 0 Å². The topological polar surface area (TPSA) is 66.8 Å². The number of nitrogens with zero attached hydrogens (tertiary/aromatic N) is 1. The van der Waals surface area contributed by atoms with Gasteiger partial charge >= 0.3 is 5.97 Å². The Labute approximate surface area is 114 Å². The highest BCUT2D eigenvalue weighted by molar-refractivity contribution is 5.84. The van der Waals surface area contributed by atoms with E-state index >= 15 is 0 Å². The Hall–Kier alpha value is -0.940. The molecule has 0 aromatic rings. The molecular weight excluding hydrogens is 246 g/mol. The summed E-state index contributed by atoms with van der Waals surface area (Å²) in [4.78, 5) is 25.1. The van der Waals surface area contributed by atoms with Crippen LogP contribution in [-0.4, -0.2) is 54.6 Å². The predicted molar refractivity (Wildman–Crippen MR) is 71.7 cm³/mol. The molecule has 0 aromatic heterocycles. The van der Waals surface area contributed by atoms with E-state index in [0.717, 1.165) is 32.4 Å². The van der Waals surface area contributed by atoms with Crippen molar-refractivity contribution in [2.24, 2.45) is 5.92 Å². The zero-order valence-electron chi connectivity index (χ0n) is 11.8. The molecule has 1 rings (SSSR count). The number of Topliss-reactive ketones (excluding diaryl/α,β-unsaturated/α-hetero) is 1. The quantitative estimate of drug-likeness (QED) is 0.667. The van der Waals surface area contributed by atoms with Gasteiger partial charge in [-0.25, -0.2) is 0 Å². The molecule has 0 bridgehead atoms. The lowest BCUT2D eigenvalue weighted by molar-refractivity contribution is -0.144. The normalized spacial score (nSPS) is 20.2. The second-order valence-electron chi connectivity index (χ2n) is 5.10. The van der Waals surface area contributed by atoms with E-state index in [1.165, 1.54) is 0 Å². The van der Waals surface area contributed by atoms with Crippen molar-refractivity contribution in [1.82, 2.24) is 4.90 Å². The van der Waals surface area contributed by atoms with E-state index in [0.29, 0.717) is 19.1 Å². The number of hydrogen-bond donors (Lipinski definition) is 1. The number of hydrogen-bond acceptors (Lipinski definition) is 5. The maximum atomic E-state index is 11.8. The van der Waals surface area contributed by atoms with Gasteiger partial charge in [0.05, 0.1) is 19.6 Å². The molecule has 1 heterocycles. The predicted octanol–water partition coefficient (Wildman–Crippen LogP) is 0.993. The summed E-state index contributed by atoms with van der Waals surface area (Å²) in [6.45, 7) is 4.58. The molecule has 0 radical (unpaired) electrons. The maximum Gasteiger partial charge on any atom is 0.306 e. The average molecular weight is 271 g/mol. The van der Waals surface area contributed by atoms with Crippen molar-refractivity contribution in [3.63, 3.8) is 0 Å². The molecule has 0 spiro atoms. The van der Waals surface area contributed by atoms with Crippen molar-refractivity contribution in [2.45, 2.75) is 39.0 Å². The molecule has 5 nitrogen and oxygen atoms in total. The van der Waals surface area contributed by atoms with E-state index in [2.05, 4.69) is 4.90 Å². The SMILES string of the molecule is CCOC(=O)CCC(=O)CN1CCCC(CCO)C1. The highest BCUT2D eigenvalue weighted by Gasteiger charge is 2.21. The van der Waals surface area contributed by atoms with Crippen LogP contribution in [0.25, 0.3) is 0 Å². The van der Waals surface area contributed by atoms with Crippen molar-refractivity contribution >= 4 is 11.8 Å². The van der Waals surface area contributed by atoms with Crippen LogP contribution in [0.2, 0.25) is 0 Å². The van der Waals surface area contributed by atoms with Crippen LogP contribution in [0.1, 0.15) is 39.0 Å². The summed E-state index contributed by atoms with van der Waals surface area (Å²) in [5.74, 6) is 0.293. The fourth-order valence-corrected chi connectivity index (χ4v) is 2.52. The Morgan fingerprint density at radius 2 is 2.16 bits per heavy atom. The highest BCUT2D eigenvalue weighted by atomic mass is 16.5. The van der Waals surface area contributed by atoms with E-state index in [1.807, 2.05) is 0 Å². The van der Waals surface area contributed by atoms with E-state index in [-0.39, 0.29) is 31.2 Å². The van der Waals surface area contributed by atoms with Crippen LogP contribution in [0.3, 0.4) is 0 Å². The molecule has 1 N–H and O–H groups in total. The number of aliphatic hydroxyl groups excluding tert-OH is 1. The average Bonchev–Trinajstić information content (AvgIpc) is 2.38. The molecule has 110 valence electrons. The lowest BCUT2D eigenvalue weighted by Crippen LogP contribution is -2.39. The summed E-state index contributed by atoms with van der Waals surface area (Å²) in [7, 11) is 0. The van der Waals surface area contributed by atoms with Gasteiger partial charge in [-0.15, -0.1) is 0 Å². The third-order valence-electron chi connectivity index (χ3n) is 3.45. The molecule has 1 aliphatic heterocycles. The maximum absolute atomic E-state index is 11.8.